The summed E-state index contributed by atoms with van der Waals surface area (Å²) < 4.78 is 0. The maximum Gasteiger partial charge on any atom is 0.0764 e. The van der Waals surface area contributed by atoms with Crippen LogP contribution in [-0.4, -0.2) is 0 Å². The molecule has 0 aromatic heterocycles. The predicted octanol–water partition coefficient (Wildman–Crippen LogP) is 0.708. The number of hydrogen-bond donors (Lipinski definition) is 0. The van der Waals surface area contributed by atoms with Crippen LogP contribution in [0.2, 0.25) is 0 Å². The van der Waals surface area contributed by atoms with Gasteiger partial charge in [-0.25, -0.2) is 5.32 Å². The van der Waals surface area contributed by atoms with Gasteiger partial charge in [-0.2, -0.15) is 0 Å². The van der Waals surface area contributed by atoms with Crippen molar-refractivity contribution in [1.82, 2.24) is 5.32 Å². The molecule has 0 aliphatic rings. The fraction of sp³-hybridized carbons (Fsp3) is 0.500. The van der Waals surface area contributed by atoms with E-state index in [2.05, 4.69) is 18.4 Å². The van der Waals surface area contributed by atoms with Crippen molar-refractivity contribution in [2.45, 2.75) is 13.8 Å². The molecule has 0 rings (SSSR count). The second kappa shape index (κ2) is 3.96. The Morgan fingerprint density at radius 2 is 1.60 bits per heavy atom. The second-order valence-corrected chi connectivity index (χ2v) is 0.559. The lowest BCUT2D eigenvalue weighted by molar-refractivity contribution is 0.937. The molecule has 0 unspecified atom stereocenters. The molecule has 0 aliphatic heterocycles. The summed E-state index contributed by atoms with van der Waals surface area (Å²) in [5.74, 6) is 0. The zero-order valence-corrected chi connectivity index (χ0v) is 3.45. The summed E-state index contributed by atoms with van der Waals surface area (Å²) >= 11 is 0. The van der Waals surface area contributed by atoms with Gasteiger partial charge < -0.3 is 0 Å². The molecule has 0 fully saturated rings. The Bertz CT molecular complexity index is 11.1. The second-order valence-electron chi connectivity index (χ2n) is 0.559. The summed E-state index contributed by atoms with van der Waals surface area (Å²) in [6.07, 6.45) is 0. The molecule has 0 saturated heterocycles. The molecule has 0 aliphatic carbocycles. The van der Waals surface area contributed by atoms with Crippen molar-refractivity contribution in [2.24, 2.45) is 0 Å². The number of rotatable bonds is 2. The fourth-order valence-electron chi connectivity index (χ4n) is 0.112. The minimum absolute atomic E-state index is 1.73. The predicted molar refractivity (Wildman–Crippen MR) is 20.0 cm³/mol. The first-order valence-corrected chi connectivity index (χ1v) is 1.45. The van der Waals surface area contributed by atoms with Gasteiger partial charge >= 0.3 is 0 Å². The van der Waals surface area contributed by atoms with Crippen LogP contribution in [0.25, 0.3) is 0 Å². The molecule has 0 bridgehead atoms. The molecule has 5 heavy (non-hydrogen) atoms. The van der Waals surface area contributed by atoms with E-state index in [1.165, 1.54) is 0 Å². The largest absolute Gasteiger partial charge is 0.221 e. The third kappa shape index (κ3) is 3.96. The Morgan fingerprint density at radius 1 is 1.20 bits per heavy atom. The van der Waals surface area contributed by atoms with E-state index < -0.39 is 0 Å². The van der Waals surface area contributed by atoms with E-state index in [0.29, 0.717) is 0 Å². The van der Waals surface area contributed by atoms with E-state index in [0.717, 1.165) is 0 Å². The van der Waals surface area contributed by atoms with Crippen molar-refractivity contribution < 1.29 is 0 Å². The fourth-order valence-corrected chi connectivity index (χ4v) is 0.112. The van der Waals surface area contributed by atoms with Crippen molar-refractivity contribution in [3.63, 3.8) is 0 Å². The lowest BCUT2D eigenvalue weighted by atomic mass is 10.7. The van der Waals surface area contributed by atoms with Crippen molar-refractivity contribution >= 4 is 0 Å². The van der Waals surface area contributed by atoms with E-state index in [9.17, 15) is 0 Å². The van der Waals surface area contributed by atoms with E-state index in [1.54, 1.807) is 13.8 Å². The molecule has 0 atom stereocenters. The topological polar surface area (TPSA) is 14.1 Å². The first-order chi connectivity index (χ1) is 2.41. The van der Waals surface area contributed by atoms with Crippen LogP contribution >= 0.6 is 0 Å². The highest BCUT2D eigenvalue weighted by Gasteiger charge is 1.70. The highest BCUT2D eigenvalue weighted by Crippen LogP contribution is 1.67. The van der Waals surface area contributed by atoms with Crippen LogP contribution in [-0.2, 0) is 0 Å². The summed E-state index contributed by atoms with van der Waals surface area (Å²) in [5.41, 5.74) is 0. The summed E-state index contributed by atoms with van der Waals surface area (Å²) in [5, 5.41) is 3.47. The van der Waals surface area contributed by atoms with Gasteiger partial charge in [-0.1, -0.05) is 0 Å². The van der Waals surface area contributed by atoms with E-state index in [-0.39, 0.29) is 0 Å². The van der Waals surface area contributed by atoms with Crippen LogP contribution < -0.4 is 5.32 Å². The van der Waals surface area contributed by atoms with Crippen LogP contribution in [0.5, 0.6) is 0 Å². The van der Waals surface area contributed by atoms with E-state index in [1.807, 2.05) is 0 Å². The molecule has 0 spiro atoms. The summed E-state index contributed by atoms with van der Waals surface area (Å²) in [6, 6.07) is 0. The zero-order chi connectivity index (χ0) is 4.12. The van der Waals surface area contributed by atoms with E-state index in [4.69, 9.17) is 0 Å². The molecule has 27 valence electrons. The first-order valence-electron chi connectivity index (χ1n) is 1.45. The van der Waals surface area contributed by atoms with Crippen molar-refractivity contribution in [3.8, 4) is 0 Å². The maximum absolute atomic E-state index is 3.47. The first kappa shape index (κ1) is 4.96. The van der Waals surface area contributed by atoms with Crippen LogP contribution in [0.3, 0.4) is 0 Å². The van der Waals surface area contributed by atoms with Crippen LogP contribution in [0.1, 0.15) is 13.8 Å². The Labute approximate surface area is 33.4 Å². The van der Waals surface area contributed by atoms with Gasteiger partial charge in [0.25, 0.3) is 0 Å². The molecule has 0 aromatic carbocycles. The molecule has 1 nitrogen and oxygen atoms in total. The smallest absolute Gasteiger partial charge is 0.0764 e. The Hall–Kier alpha value is -0.0400. The normalized spacial score (nSPS) is 8.40. The molecule has 0 amide bonds. The minimum Gasteiger partial charge on any atom is -0.221 e. The van der Waals surface area contributed by atoms with Gasteiger partial charge in [-0.15, -0.1) is 0 Å². The lowest BCUT2D eigenvalue weighted by Gasteiger charge is -1.78. The quantitative estimate of drug-likeness (QED) is 0.452. The van der Waals surface area contributed by atoms with Gasteiger partial charge in [-0.05, 0) is 13.8 Å². The van der Waals surface area contributed by atoms with Gasteiger partial charge in [-0.3, -0.25) is 0 Å². The number of nitrogens with zero attached hydrogens (tertiary/aromatic N) is 1. The van der Waals surface area contributed by atoms with Crippen molar-refractivity contribution in [1.29, 1.82) is 0 Å². The van der Waals surface area contributed by atoms with E-state index >= 15 is 0 Å². The maximum atomic E-state index is 3.47. The minimum atomic E-state index is 1.73. The SMILES string of the molecule is C[C][N][C]C. The highest BCUT2D eigenvalue weighted by atomic mass is 14.8. The van der Waals surface area contributed by atoms with Gasteiger partial charge in [0, 0.05) is 0 Å². The highest BCUT2D eigenvalue weighted by molar-refractivity contribution is 4.56. The van der Waals surface area contributed by atoms with Gasteiger partial charge in [0.15, 0.2) is 0 Å². The molecule has 0 N–H and O–H groups in total. The van der Waals surface area contributed by atoms with Gasteiger partial charge in [0.2, 0.25) is 0 Å². The van der Waals surface area contributed by atoms with Crippen molar-refractivity contribution in [3.05, 3.63) is 13.1 Å². The summed E-state index contributed by atoms with van der Waals surface area (Å²) in [7, 11) is 0. The average Bonchev–Trinajstić information content (AvgIpc) is 1.41. The molecule has 0 saturated carbocycles. The lowest BCUT2D eigenvalue weighted by Crippen LogP contribution is -1.86. The summed E-state index contributed by atoms with van der Waals surface area (Å²) in [4.78, 5) is 0. The molecule has 0 heterocycles. The molecule has 5 radical (unpaired) electrons. The van der Waals surface area contributed by atoms with Gasteiger partial charge in [0.05, 0.1) is 13.1 Å². The third-order valence-corrected chi connectivity index (χ3v) is 0.224. The Morgan fingerprint density at radius 3 is 1.60 bits per heavy atom. The van der Waals surface area contributed by atoms with Crippen LogP contribution in [0, 0.1) is 13.1 Å². The Balaban J connectivity index is 2.19. The average molecular weight is 68.1 g/mol. The molecular formula is C4H6N. The molecule has 1 heteroatoms. The van der Waals surface area contributed by atoms with Crippen LogP contribution in [0.4, 0.5) is 0 Å². The van der Waals surface area contributed by atoms with Crippen LogP contribution in [0.15, 0.2) is 0 Å². The monoisotopic (exact) mass is 68.1 g/mol. The third-order valence-electron chi connectivity index (χ3n) is 0.224. The molecule has 0 aromatic rings. The van der Waals surface area contributed by atoms with Gasteiger partial charge in [0.1, 0.15) is 0 Å². The zero-order valence-electron chi connectivity index (χ0n) is 3.45. The molecular weight excluding hydrogens is 62.1 g/mol. The summed E-state index contributed by atoms with van der Waals surface area (Å²) in [6.45, 7) is 8.53. The number of hydrogen-bond acceptors (Lipinski definition) is 0. The Kier molecular flexibility index (Phi) is 3.93. The standard InChI is InChI=1S/C4H6N/c1-3-5-4-2/h1-2H3. The van der Waals surface area contributed by atoms with Crippen molar-refractivity contribution in [2.75, 3.05) is 0 Å².